The molecule has 1 aliphatic carbocycles. The van der Waals surface area contributed by atoms with Crippen LogP contribution in [0.2, 0.25) is 0 Å². The third kappa shape index (κ3) is 4.28. The van der Waals surface area contributed by atoms with Crippen molar-refractivity contribution >= 4 is 28.6 Å². The number of nitrogens with one attached hydrogen (secondary N) is 1. The van der Waals surface area contributed by atoms with Gasteiger partial charge in [-0.25, -0.2) is 9.97 Å². The van der Waals surface area contributed by atoms with E-state index in [0.29, 0.717) is 5.39 Å². The molecule has 0 aliphatic heterocycles. The summed E-state index contributed by atoms with van der Waals surface area (Å²) < 4.78 is 39.7. The van der Waals surface area contributed by atoms with Gasteiger partial charge in [0.1, 0.15) is 5.03 Å². The Balaban J connectivity index is 1.56. The van der Waals surface area contributed by atoms with E-state index in [-0.39, 0.29) is 22.5 Å². The van der Waals surface area contributed by atoms with Crippen LogP contribution in [0.1, 0.15) is 42.8 Å². The van der Waals surface area contributed by atoms with E-state index in [1.54, 1.807) is 25.1 Å². The van der Waals surface area contributed by atoms with Gasteiger partial charge in [0.05, 0.1) is 16.8 Å². The number of amides is 1. The highest BCUT2D eigenvalue weighted by Crippen LogP contribution is 2.34. The van der Waals surface area contributed by atoms with Crippen LogP contribution in [0, 0.1) is 0 Å². The second kappa shape index (κ2) is 8.26. The fourth-order valence-electron chi connectivity index (χ4n) is 3.68. The number of fused-ring (bicyclic) bond motifs is 2. The van der Waals surface area contributed by atoms with Crippen molar-refractivity contribution in [1.82, 2.24) is 15.3 Å². The third-order valence-corrected chi connectivity index (χ3v) is 6.27. The van der Waals surface area contributed by atoms with Crippen LogP contribution in [-0.2, 0) is 17.4 Å². The SMILES string of the molecule is CC(Sc1nc(C(F)(F)F)nc2ccccc12)C(=O)NC1CCCc2ccccc21. The standard InChI is InChI=1S/C22H20F3N3OS/c1-13(19(29)26-17-12-6-8-14-7-2-3-9-15(14)17)30-20-16-10-4-5-11-18(16)27-21(28-20)22(23,24)25/h2-5,7,9-11,13,17H,6,8,12H2,1H3,(H,26,29). The fourth-order valence-corrected chi connectivity index (χ4v) is 4.63. The van der Waals surface area contributed by atoms with Crippen molar-refractivity contribution in [2.75, 3.05) is 0 Å². The van der Waals surface area contributed by atoms with E-state index in [1.807, 2.05) is 18.2 Å². The summed E-state index contributed by atoms with van der Waals surface area (Å²) in [5, 5.41) is 3.10. The molecule has 156 valence electrons. The molecule has 0 saturated carbocycles. The van der Waals surface area contributed by atoms with E-state index >= 15 is 0 Å². The van der Waals surface area contributed by atoms with Gasteiger partial charge in [0.2, 0.25) is 11.7 Å². The number of aryl methyl sites for hydroxylation is 1. The first kappa shape index (κ1) is 20.7. The van der Waals surface area contributed by atoms with E-state index in [9.17, 15) is 18.0 Å². The van der Waals surface area contributed by atoms with Gasteiger partial charge in [-0.2, -0.15) is 13.2 Å². The maximum atomic E-state index is 13.2. The molecule has 30 heavy (non-hydrogen) atoms. The van der Waals surface area contributed by atoms with Crippen LogP contribution in [0.15, 0.2) is 53.6 Å². The first-order valence-electron chi connectivity index (χ1n) is 9.72. The molecule has 8 heteroatoms. The van der Waals surface area contributed by atoms with Crippen molar-refractivity contribution in [2.24, 2.45) is 0 Å². The number of alkyl halides is 3. The lowest BCUT2D eigenvalue weighted by molar-refractivity contribution is -0.145. The Morgan fingerprint density at radius 2 is 1.87 bits per heavy atom. The van der Waals surface area contributed by atoms with Gasteiger partial charge < -0.3 is 5.32 Å². The molecule has 0 spiro atoms. The predicted octanol–water partition coefficient (Wildman–Crippen LogP) is 5.32. The molecule has 3 aromatic rings. The zero-order valence-corrected chi connectivity index (χ0v) is 17.1. The highest BCUT2D eigenvalue weighted by atomic mass is 32.2. The number of rotatable bonds is 4. The minimum absolute atomic E-state index is 0.0848. The van der Waals surface area contributed by atoms with Crippen LogP contribution in [0.4, 0.5) is 13.2 Å². The van der Waals surface area contributed by atoms with Gasteiger partial charge >= 0.3 is 6.18 Å². The minimum atomic E-state index is -4.66. The molecule has 0 saturated heterocycles. The largest absolute Gasteiger partial charge is 0.451 e. The lowest BCUT2D eigenvalue weighted by atomic mass is 9.88. The molecular formula is C22H20F3N3OS. The van der Waals surface area contributed by atoms with Crippen LogP contribution >= 0.6 is 11.8 Å². The number of hydrogen-bond donors (Lipinski definition) is 1. The first-order chi connectivity index (χ1) is 14.3. The Hall–Kier alpha value is -2.61. The summed E-state index contributed by atoms with van der Waals surface area (Å²) >= 11 is 1.02. The van der Waals surface area contributed by atoms with Gasteiger partial charge in [-0.3, -0.25) is 4.79 Å². The predicted molar refractivity (Wildman–Crippen MR) is 110 cm³/mol. The van der Waals surface area contributed by atoms with Crippen molar-refractivity contribution < 1.29 is 18.0 Å². The first-order valence-corrected chi connectivity index (χ1v) is 10.6. The van der Waals surface area contributed by atoms with E-state index in [0.717, 1.165) is 36.6 Å². The van der Waals surface area contributed by atoms with Crippen LogP contribution in [0.3, 0.4) is 0 Å². The second-order valence-electron chi connectivity index (χ2n) is 7.28. The van der Waals surface area contributed by atoms with Crippen molar-refractivity contribution in [3.05, 3.63) is 65.5 Å². The molecule has 0 bridgehead atoms. The van der Waals surface area contributed by atoms with Gasteiger partial charge in [-0.1, -0.05) is 54.2 Å². The maximum Gasteiger partial charge on any atom is 0.451 e. The second-order valence-corrected chi connectivity index (χ2v) is 8.61. The van der Waals surface area contributed by atoms with Crippen LogP contribution < -0.4 is 5.32 Å². The molecular weight excluding hydrogens is 411 g/mol. The van der Waals surface area contributed by atoms with E-state index in [2.05, 4.69) is 21.4 Å². The highest BCUT2D eigenvalue weighted by molar-refractivity contribution is 8.00. The number of halogens is 3. The van der Waals surface area contributed by atoms with Crippen molar-refractivity contribution in [3.63, 3.8) is 0 Å². The third-order valence-electron chi connectivity index (χ3n) is 5.17. The average molecular weight is 431 g/mol. The number of para-hydroxylation sites is 1. The number of carbonyl (C=O) groups is 1. The van der Waals surface area contributed by atoms with Gasteiger partial charge in [0, 0.05) is 5.39 Å². The summed E-state index contributed by atoms with van der Waals surface area (Å²) in [5.41, 5.74) is 2.54. The number of benzene rings is 2. The zero-order chi connectivity index (χ0) is 21.3. The molecule has 1 aromatic heterocycles. The van der Waals surface area contributed by atoms with Crippen LogP contribution in [0.25, 0.3) is 10.9 Å². The van der Waals surface area contributed by atoms with Crippen molar-refractivity contribution in [1.29, 1.82) is 0 Å². The Morgan fingerprint density at radius 1 is 1.13 bits per heavy atom. The highest BCUT2D eigenvalue weighted by Gasteiger charge is 2.36. The summed E-state index contributed by atoms with van der Waals surface area (Å²) in [7, 11) is 0. The van der Waals surface area contributed by atoms with Gasteiger partial charge in [-0.05, 0) is 43.4 Å². The zero-order valence-electron chi connectivity index (χ0n) is 16.2. The van der Waals surface area contributed by atoms with E-state index in [4.69, 9.17) is 0 Å². The Kier molecular flexibility index (Phi) is 5.69. The molecule has 2 aromatic carbocycles. The summed E-state index contributed by atoms with van der Waals surface area (Å²) in [4.78, 5) is 20.2. The summed E-state index contributed by atoms with van der Waals surface area (Å²) in [6.45, 7) is 1.68. The summed E-state index contributed by atoms with van der Waals surface area (Å²) in [5.74, 6) is -1.42. The molecule has 1 N–H and O–H groups in total. The monoisotopic (exact) mass is 431 g/mol. The Labute approximate surface area is 176 Å². The van der Waals surface area contributed by atoms with Crippen molar-refractivity contribution in [3.8, 4) is 0 Å². The van der Waals surface area contributed by atoms with E-state index in [1.165, 1.54) is 11.6 Å². The molecule has 0 fully saturated rings. The molecule has 1 aliphatic rings. The molecule has 4 nitrogen and oxygen atoms in total. The summed E-state index contributed by atoms with van der Waals surface area (Å²) in [6.07, 6.45) is -1.85. The normalized spacial score (nSPS) is 17.4. The quantitative estimate of drug-likeness (QED) is 0.449. The number of aromatic nitrogens is 2. The Morgan fingerprint density at radius 3 is 2.67 bits per heavy atom. The minimum Gasteiger partial charge on any atom is -0.348 e. The smallest absolute Gasteiger partial charge is 0.348 e. The van der Waals surface area contributed by atoms with Crippen LogP contribution in [0.5, 0.6) is 0 Å². The molecule has 2 atom stereocenters. The maximum absolute atomic E-state index is 13.2. The van der Waals surface area contributed by atoms with Crippen LogP contribution in [-0.4, -0.2) is 21.1 Å². The number of hydrogen-bond acceptors (Lipinski definition) is 4. The fraction of sp³-hybridized carbons (Fsp3) is 0.318. The molecule has 0 radical (unpaired) electrons. The van der Waals surface area contributed by atoms with Gasteiger partial charge in [0.15, 0.2) is 0 Å². The number of carbonyl (C=O) groups excluding carboxylic acids is 1. The lowest BCUT2D eigenvalue weighted by Crippen LogP contribution is -2.36. The van der Waals surface area contributed by atoms with Gasteiger partial charge in [0.25, 0.3) is 0 Å². The topological polar surface area (TPSA) is 54.9 Å². The Bertz CT molecular complexity index is 1090. The molecule has 1 amide bonds. The lowest BCUT2D eigenvalue weighted by Gasteiger charge is -2.27. The van der Waals surface area contributed by atoms with Gasteiger partial charge in [-0.15, -0.1) is 0 Å². The van der Waals surface area contributed by atoms with E-state index < -0.39 is 17.3 Å². The van der Waals surface area contributed by atoms with Crippen molar-refractivity contribution in [2.45, 2.75) is 48.7 Å². The molecule has 1 heterocycles. The number of nitrogens with zero attached hydrogens (tertiary/aromatic N) is 2. The number of thioether (sulfide) groups is 1. The summed E-state index contributed by atoms with van der Waals surface area (Å²) in [6, 6.07) is 14.5. The molecule has 4 rings (SSSR count). The average Bonchev–Trinajstić information content (AvgIpc) is 2.73. The molecule has 2 unspecified atom stereocenters.